The smallest absolute Gasteiger partial charge is 0.193 e. The molecule has 2 saturated heterocycles. The van der Waals surface area contributed by atoms with Crippen molar-refractivity contribution in [2.75, 3.05) is 53.0 Å². The molecule has 2 heterocycles. The van der Waals surface area contributed by atoms with Gasteiger partial charge >= 0.3 is 0 Å². The van der Waals surface area contributed by atoms with Gasteiger partial charge in [-0.1, -0.05) is 0 Å². The molecular weight excluding hydrogens is 216 g/mol. The molecule has 5 nitrogen and oxygen atoms in total. The van der Waals surface area contributed by atoms with Crippen LogP contribution in [0.2, 0.25) is 0 Å². The van der Waals surface area contributed by atoms with Gasteiger partial charge in [-0.05, 0) is 13.3 Å². The van der Waals surface area contributed by atoms with E-state index in [0.717, 1.165) is 51.9 Å². The maximum atomic E-state index is 5.40. The fourth-order valence-corrected chi connectivity index (χ4v) is 2.67. The van der Waals surface area contributed by atoms with E-state index in [2.05, 4.69) is 27.0 Å². The summed E-state index contributed by atoms with van der Waals surface area (Å²) in [7, 11) is 1.86. The minimum atomic E-state index is 0.675. The average Bonchev–Trinajstić information content (AvgIpc) is 2.86. The Hall–Kier alpha value is -0.810. The molecule has 0 radical (unpaired) electrons. The zero-order valence-corrected chi connectivity index (χ0v) is 11.0. The number of hydrogen-bond donors (Lipinski definition) is 1. The van der Waals surface area contributed by atoms with Crippen molar-refractivity contribution in [1.82, 2.24) is 15.1 Å². The van der Waals surface area contributed by atoms with Crippen LogP contribution >= 0.6 is 0 Å². The molecule has 0 aromatic heterocycles. The van der Waals surface area contributed by atoms with E-state index in [0.29, 0.717) is 6.04 Å². The van der Waals surface area contributed by atoms with Crippen LogP contribution in [0.5, 0.6) is 0 Å². The minimum absolute atomic E-state index is 0.675. The van der Waals surface area contributed by atoms with Crippen molar-refractivity contribution in [2.45, 2.75) is 19.4 Å². The van der Waals surface area contributed by atoms with Crippen LogP contribution in [-0.2, 0) is 4.74 Å². The number of ether oxygens (including phenoxy) is 1. The molecule has 0 saturated carbocycles. The number of rotatable bonds is 2. The van der Waals surface area contributed by atoms with E-state index in [1.54, 1.807) is 0 Å². The lowest BCUT2D eigenvalue weighted by molar-refractivity contribution is 0.0195. The third-order valence-electron chi connectivity index (χ3n) is 3.57. The molecule has 0 spiro atoms. The molecule has 5 heteroatoms. The summed E-state index contributed by atoms with van der Waals surface area (Å²) in [4.78, 5) is 9.25. The van der Waals surface area contributed by atoms with Gasteiger partial charge in [-0.2, -0.15) is 0 Å². The first kappa shape index (κ1) is 12.6. The van der Waals surface area contributed by atoms with Crippen molar-refractivity contribution in [2.24, 2.45) is 4.99 Å². The van der Waals surface area contributed by atoms with E-state index in [1.807, 2.05) is 7.05 Å². The first-order valence-corrected chi connectivity index (χ1v) is 6.62. The summed E-state index contributed by atoms with van der Waals surface area (Å²) < 4.78 is 5.40. The van der Waals surface area contributed by atoms with Crippen molar-refractivity contribution >= 4 is 5.96 Å². The van der Waals surface area contributed by atoms with Crippen LogP contribution in [0.4, 0.5) is 0 Å². The van der Waals surface area contributed by atoms with Crippen LogP contribution in [0.1, 0.15) is 13.3 Å². The number of nitrogens with one attached hydrogen (secondary N) is 1. The van der Waals surface area contributed by atoms with Crippen LogP contribution in [0.3, 0.4) is 0 Å². The van der Waals surface area contributed by atoms with Crippen LogP contribution in [-0.4, -0.2) is 74.8 Å². The van der Waals surface area contributed by atoms with Crippen LogP contribution in [0.15, 0.2) is 4.99 Å². The summed E-state index contributed by atoms with van der Waals surface area (Å²) in [6, 6.07) is 0.675. The molecule has 2 aliphatic heterocycles. The fraction of sp³-hybridized carbons (Fsp3) is 0.917. The monoisotopic (exact) mass is 240 g/mol. The van der Waals surface area contributed by atoms with Gasteiger partial charge in [-0.15, -0.1) is 0 Å². The Labute approximate surface area is 104 Å². The lowest BCUT2D eigenvalue weighted by atomic mass is 10.2. The molecule has 0 aromatic rings. The summed E-state index contributed by atoms with van der Waals surface area (Å²) in [5.41, 5.74) is 0. The maximum Gasteiger partial charge on any atom is 0.193 e. The van der Waals surface area contributed by atoms with E-state index in [-0.39, 0.29) is 0 Å². The van der Waals surface area contributed by atoms with Gasteiger partial charge < -0.3 is 15.0 Å². The number of likely N-dealkylation sites (tertiary alicyclic amines) is 1. The Kier molecular flexibility index (Phi) is 4.62. The standard InChI is InChI=1S/C12H24N4O/c1-3-14-12(13-2)16-5-4-11(10-16)15-6-8-17-9-7-15/h11H,3-10H2,1-2H3,(H,13,14). The Morgan fingerprint density at radius 1 is 1.35 bits per heavy atom. The van der Waals surface area contributed by atoms with Crippen molar-refractivity contribution in [1.29, 1.82) is 0 Å². The highest BCUT2D eigenvalue weighted by molar-refractivity contribution is 5.80. The highest BCUT2D eigenvalue weighted by atomic mass is 16.5. The lowest BCUT2D eigenvalue weighted by Crippen LogP contribution is -2.46. The zero-order valence-electron chi connectivity index (χ0n) is 11.0. The van der Waals surface area contributed by atoms with Gasteiger partial charge in [0.1, 0.15) is 0 Å². The highest BCUT2D eigenvalue weighted by Gasteiger charge is 2.29. The van der Waals surface area contributed by atoms with Gasteiger partial charge in [0.2, 0.25) is 0 Å². The minimum Gasteiger partial charge on any atom is -0.379 e. The summed E-state index contributed by atoms with van der Waals surface area (Å²) in [5.74, 6) is 1.04. The molecule has 0 amide bonds. The summed E-state index contributed by atoms with van der Waals surface area (Å²) >= 11 is 0. The van der Waals surface area contributed by atoms with Crippen molar-refractivity contribution < 1.29 is 4.74 Å². The first-order valence-electron chi connectivity index (χ1n) is 6.62. The number of hydrogen-bond acceptors (Lipinski definition) is 3. The molecule has 1 unspecified atom stereocenters. The third-order valence-corrected chi connectivity index (χ3v) is 3.57. The van der Waals surface area contributed by atoms with E-state index in [4.69, 9.17) is 4.74 Å². The second kappa shape index (κ2) is 6.21. The van der Waals surface area contributed by atoms with Gasteiger partial charge in [0, 0.05) is 45.8 Å². The first-order chi connectivity index (χ1) is 8.35. The van der Waals surface area contributed by atoms with Gasteiger partial charge in [0.25, 0.3) is 0 Å². The molecule has 2 fully saturated rings. The average molecular weight is 240 g/mol. The topological polar surface area (TPSA) is 40.1 Å². The molecule has 17 heavy (non-hydrogen) atoms. The SMILES string of the molecule is CCNC(=NC)N1CCC(N2CCOCC2)C1. The Morgan fingerprint density at radius 2 is 2.12 bits per heavy atom. The third kappa shape index (κ3) is 3.10. The maximum absolute atomic E-state index is 5.40. The number of morpholine rings is 1. The molecule has 98 valence electrons. The molecule has 0 bridgehead atoms. The van der Waals surface area contributed by atoms with E-state index in [9.17, 15) is 0 Å². The van der Waals surface area contributed by atoms with Crippen molar-refractivity contribution in [3.05, 3.63) is 0 Å². The number of aliphatic imine (C=N–C) groups is 1. The molecule has 0 aliphatic carbocycles. The fourth-order valence-electron chi connectivity index (χ4n) is 2.67. The van der Waals surface area contributed by atoms with Gasteiger partial charge in [0.05, 0.1) is 13.2 Å². The Morgan fingerprint density at radius 3 is 2.76 bits per heavy atom. The quantitative estimate of drug-likeness (QED) is 0.544. The van der Waals surface area contributed by atoms with Crippen LogP contribution < -0.4 is 5.32 Å². The molecule has 0 aromatic carbocycles. The summed E-state index contributed by atoms with van der Waals surface area (Å²) in [5, 5.41) is 3.33. The molecule has 1 N–H and O–H groups in total. The van der Waals surface area contributed by atoms with Crippen LogP contribution in [0.25, 0.3) is 0 Å². The van der Waals surface area contributed by atoms with Gasteiger partial charge in [-0.25, -0.2) is 0 Å². The number of nitrogens with zero attached hydrogens (tertiary/aromatic N) is 3. The largest absolute Gasteiger partial charge is 0.379 e. The summed E-state index contributed by atoms with van der Waals surface area (Å²) in [6.07, 6.45) is 1.24. The molecule has 1 atom stereocenters. The molecular formula is C12H24N4O. The number of guanidine groups is 1. The lowest BCUT2D eigenvalue weighted by Gasteiger charge is -2.32. The van der Waals surface area contributed by atoms with Gasteiger partial charge in [-0.3, -0.25) is 9.89 Å². The van der Waals surface area contributed by atoms with E-state index in [1.165, 1.54) is 6.42 Å². The predicted molar refractivity (Wildman–Crippen MR) is 69.4 cm³/mol. The van der Waals surface area contributed by atoms with E-state index < -0.39 is 0 Å². The van der Waals surface area contributed by atoms with Crippen LogP contribution in [0, 0.1) is 0 Å². The highest BCUT2D eigenvalue weighted by Crippen LogP contribution is 2.16. The second-order valence-corrected chi connectivity index (χ2v) is 4.61. The zero-order chi connectivity index (χ0) is 12.1. The molecule has 2 aliphatic rings. The van der Waals surface area contributed by atoms with Gasteiger partial charge in [0.15, 0.2) is 5.96 Å². The van der Waals surface area contributed by atoms with E-state index >= 15 is 0 Å². The summed E-state index contributed by atoms with van der Waals surface area (Å²) in [6.45, 7) is 9.20. The van der Waals surface area contributed by atoms with Crippen molar-refractivity contribution in [3.8, 4) is 0 Å². The Balaban J connectivity index is 1.85. The Bertz CT molecular complexity index is 263. The molecule has 2 rings (SSSR count). The normalized spacial score (nSPS) is 27.5. The second-order valence-electron chi connectivity index (χ2n) is 4.61. The van der Waals surface area contributed by atoms with Crippen molar-refractivity contribution in [3.63, 3.8) is 0 Å². The predicted octanol–water partition coefficient (Wildman–Crippen LogP) is -0.0118.